The van der Waals surface area contributed by atoms with Crippen LogP contribution in [0, 0.1) is 11.3 Å². The molecule has 29 heavy (non-hydrogen) atoms. The van der Waals surface area contributed by atoms with E-state index in [1.807, 2.05) is 43.3 Å². The lowest BCUT2D eigenvalue weighted by atomic mass is 10.1. The van der Waals surface area contributed by atoms with E-state index in [0.29, 0.717) is 11.4 Å². The first kappa shape index (κ1) is 19.1. The number of nitriles is 1. The second-order valence-corrected chi connectivity index (χ2v) is 8.45. The van der Waals surface area contributed by atoms with Crippen LogP contribution in [0.4, 0.5) is 5.82 Å². The first-order chi connectivity index (χ1) is 14.1. The monoisotopic (exact) mass is 420 g/mol. The number of benzene rings is 1. The zero-order chi connectivity index (χ0) is 20.4. The minimum absolute atomic E-state index is 0.224. The number of aromatic nitrogens is 4. The summed E-state index contributed by atoms with van der Waals surface area (Å²) in [5.41, 5.74) is 2.47. The summed E-state index contributed by atoms with van der Waals surface area (Å²) in [6, 6.07) is 12.1. The Labute approximate surface area is 175 Å². The summed E-state index contributed by atoms with van der Waals surface area (Å²) in [7, 11) is 1.68. The third-order valence-corrected chi connectivity index (χ3v) is 6.37. The molecular weight excluding hydrogens is 404 g/mol. The van der Waals surface area contributed by atoms with Gasteiger partial charge in [0, 0.05) is 18.0 Å². The summed E-state index contributed by atoms with van der Waals surface area (Å²) >= 11 is 2.92. The van der Waals surface area contributed by atoms with Gasteiger partial charge in [-0.15, -0.1) is 11.3 Å². The Balaban J connectivity index is 1.62. The maximum Gasteiger partial charge on any atom is 0.238 e. The van der Waals surface area contributed by atoms with Crippen molar-refractivity contribution in [2.75, 3.05) is 5.32 Å². The molecule has 0 aliphatic heterocycles. The predicted octanol–water partition coefficient (Wildman–Crippen LogP) is 4.08. The molecule has 0 aliphatic rings. The van der Waals surface area contributed by atoms with Crippen molar-refractivity contribution in [2.24, 2.45) is 7.05 Å². The molecule has 0 radical (unpaired) electrons. The second kappa shape index (κ2) is 8.03. The first-order valence-corrected chi connectivity index (χ1v) is 10.5. The Kier molecular flexibility index (Phi) is 5.29. The van der Waals surface area contributed by atoms with Gasteiger partial charge in [0.2, 0.25) is 5.91 Å². The van der Waals surface area contributed by atoms with Crippen LogP contribution in [-0.4, -0.2) is 30.9 Å². The molecule has 1 atom stereocenters. The summed E-state index contributed by atoms with van der Waals surface area (Å²) in [5.74, 6) is 0.164. The van der Waals surface area contributed by atoms with E-state index < -0.39 is 5.25 Å². The van der Waals surface area contributed by atoms with Gasteiger partial charge in [0.25, 0.3) is 0 Å². The topological polar surface area (TPSA) is 96.5 Å². The normalized spacial score (nSPS) is 11.9. The Hall–Kier alpha value is -3.22. The van der Waals surface area contributed by atoms with Crippen molar-refractivity contribution in [3.05, 3.63) is 53.8 Å². The molecule has 1 amide bonds. The number of carbonyl (C=O) groups is 1. The van der Waals surface area contributed by atoms with E-state index in [0.717, 1.165) is 26.4 Å². The number of nitrogens with zero attached hydrogens (tertiary/aromatic N) is 5. The van der Waals surface area contributed by atoms with Gasteiger partial charge in [-0.1, -0.05) is 42.1 Å². The molecule has 1 aromatic carbocycles. The number of nitrogens with one attached hydrogen (secondary N) is 1. The lowest BCUT2D eigenvalue weighted by molar-refractivity contribution is -0.115. The van der Waals surface area contributed by atoms with E-state index in [1.165, 1.54) is 29.0 Å². The molecule has 3 heterocycles. The lowest BCUT2D eigenvalue weighted by Gasteiger charge is -2.13. The summed E-state index contributed by atoms with van der Waals surface area (Å²) < 4.78 is 1.48. The third kappa shape index (κ3) is 3.72. The van der Waals surface area contributed by atoms with Crippen LogP contribution in [-0.2, 0) is 11.8 Å². The second-order valence-electron chi connectivity index (χ2n) is 6.27. The number of thiophene rings is 1. The molecule has 0 fully saturated rings. The van der Waals surface area contributed by atoms with Crippen LogP contribution < -0.4 is 5.32 Å². The standard InChI is InChI=1S/C20H16N6OS2/c1-12(18(27)25-17-14(8-21)9-24-26(17)2)29-20-16-15(13-6-4-3-5-7-13)10-28-19(16)22-11-23-20/h3-7,9-12H,1-2H3,(H,25,27). The van der Waals surface area contributed by atoms with Crippen molar-refractivity contribution >= 4 is 45.0 Å². The molecule has 0 saturated heterocycles. The molecule has 1 unspecified atom stereocenters. The van der Waals surface area contributed by atoms with Crippen LogP contribution >= 0.6 is 23.1 Å². The molecular formula is C20H16N6OS2. The van der Waals surface area contributed by atoms with Gasteiger partial charge in [0.15, 0.2) is 0 Å². The summed E-state index contributed by atoms with van der Waals surface area (Å²) in [4.78, 5) is 22.4. The highest BCUT2D eigenvalue weighted by atomic mass is 32.2. The SMILES string of the molecule is CC(Sc1ncnc2scc(-c3ccccc3)c12)C(=O)Nc1c(C#N)cnn1C. The minimum Gasteiger partial charge on any atom is -0.309 e. The van der Waals surface area contributed by atoms with Crippen LogP contribution in [0.2, 0.25) is 0 Å². The maximum atomic E-state index is 12.7. The molecule has 0 saturated carbocycles. The van der Waals surface area contributed by atoms with Gasteiger partial charge in [-0.05, 0) is 12.5 Å². The number of rotatable bonds is 5. The maximum absolute atomic E-state index is 12.7. The van der Waals surface area contributed by atoms with Crippen molar-refractivity contribution in [2.45, 2.75) is 17.2 Å². The molecule has 9 heteroatoms. The average Bonchev–Trinajstić information content (AvgIpc) is 3.33. The number of hydrogen-bond donors (Lipinski definition) is 1. The Bertz CT molecular complexity index is 1220. The third-order valence-electron chi connectivity index (χ3n) is 4.38. The molecule has 4 rings (SSSR count). The molecule has 144 valence electrons. The summed E-state index contributed by atoms with van der Waals surface area (Å²) in [6.45, 7) is 1.81. The molecule has 1 N–H and O–H groups in total. The number of carbonyl (C=O) groups excluding carboxylic acids is 1. The van der Waals surface area contributed by atoms with E-state index in [1.54, 1.807) is 18.4 Å². The number of fused-ring (bicyclic) bond motifs is 1. The van der Waals surface area contributed by atoms with E-state index >= 15 is 0 Å². The van der Waals surface area contributed by atoms with Crippen LogP contribution in [0.3, 0.4) is 0 Å². The van der Waals surface area contributed by atoms with Crippen molar-refractivity contribution in [3.8, 4) is 17.2 Å². The molecule has 0 spiro atoms. The van der Waals surface area contributed by atoms with Gasteiger partial charge in [-0.25, -0.2) is 9.97 Å². The van der Waals surface area contributed by atoms with E-state index in [-0.39, 0.29) is 5.91 Å². The van der Waals surface area contributed by atoms with E-state index in [4.69, 9.17) is 0 Å². The zero-order valence-corrected chi connectivity index (χ0v) is 17.3. The van der Waals surface area contributed by atoms with Crippen molar-refractivity contribution in [1.82, 2.24) is 19.7 Å². The number of amides is 1. The van der Waals surface area contributed by atoms with E-state index in [2.05, 4.69) is 25.8 Å². The van der Waals surface area contributed by atoms with Crippen molar-refractivity contribution in [3.63, 3.8) is 0 Å². The highest BCUT2D eigenvalue weighted by molar-refractivity contribution is 8.00. The van der Waals surface area contributed by atoms with Crippen molar-refractivity contribution < 1.29 is 4.79 Å². The highest BCUT2D eigenvalue weighted by Gasteiger charge is 2.21. The molecule has 7 nitrogen and oxygen atoms in total. The lowest BCUT2D eigenvalue weighted by Crippen LogP contribution is -2.24. The van der Waals surface area contributed by atoms with Gasteiger partial charge in [-0.2, -0.15) is 10.4 Å². The fourth-order valence-electron chi connectivity index (χ4n) is 2.87. The molecule has 4 aromatic rings. The smallest absolute Gasteiger partial charge is 0.238 e. The summed E-state index contributed by atoms with van der Waals surface area (Å²) in [5, 5.41) is 19.3. The predicted molar refractivity (Wildman–Crippen MR) is 115 cm³/mol. The zero-order valence-electron chi connectivity index (χ0n) is 15.7. The van der Waals surface area contributed by atoms with Crippen LogP contribution in [0.15, 0.2) is 53.3 Å². The highest BCUT2D eigenvalue weighted by Crippen LogP contribution is 2.39. The quantitative estimate of drug-likeness (QED) is 0.386. The Morgan fingerprint density at radius 1 is 1.31 bits per heavy atom. The fourth-order valence-corrected chi connectivity index (χ4v) is 4.79. The largest absolute Gasteiger partial charge is 0.309 e. The van der Waals surface area contributed by atoms with E-state index in [9.17, 15) is 10.1 Å². The number of thioether (sulfide) groups is 1. The van der Waals surface area contributed by atoms with Crippen LogP contribution in [0.5, 0.6) is 0 Å². The number of hydrogen-bond acceptors (Lipinski definition) is 7. The molecule has 0 aliphatic carbocycles. The summed E-state index contributed by atoms with van der Waals surface area (Å²) in [6.07, 6.45) is 2.95. The number of aryl methyl sites for hydroxylation is 1. The van der Waals surface area contributed by atoms with Gasteiger partial charge < -0.3 is 5.32 Å². The van der Waals surface area contributed by atoms with Gasteiger partial charge in [0.1, 0.15) is 33.6 Å². The first-order valence-electron chi connectivity index (χ1n) is 8.75. The van der Waals surface area contributed by atoms with Gasteiger partial charge >= 0.3 is 0 Å². The number of anilines is 1. The van der Waals surface area contributed by atoms with Gasteiger partial charge in [0.05, 0.1) is 16.8 Å². The Morgan fingerprint density at radius 3 is 2.86 bits per heavy atom. The Morgan fingerprint density at radius 2 is 2.10 bits per heavy atom. The van der Waals surface area contributed by atoms with Gasteiger partial charge in [-0.3, -0.25) is 9.48 Å². The average molecular weight is 421 g/mol. The van der Waals surface area contributed by atoms with Crippen molar-refractivity contribution in [1.29, 1.82) is 5.26 Å². The minimum atomic E-state index is -0.432. The van der Waals surface area contributed by atoms with Crippen LogP contribution in [0.1, 0.15) is 12.5 Å². The van der Waals surface area contributed by atoms with Crippen LogP contribution in [0.25, 0.3) is 21.3 Å². The molecule has 0 bridgehead atoms. The fraction of sp³-hybridized carbons (Fsp3) is 0.150. The molecule has 3 aromatic heterocycles.